The number of fused-ring (bicyclic) bond motifs is 3. The minimum Gasteiger partial charge on any atom is -0.432 e. The Balaban J connectivity index is 1.95. The van der Waals surface area contributed by atoms with Gasteiger partial charge in [-0.05, 0) is 57.3 Å². The number of ether oxygens (including phenoxy) is 1. The number of carbonyl (C=O) groups excluding carboxylic acids is 1. The third kappa shape index (κ3) is 2.55. The van der Waals surface area contributed by atoms with E-state index < -0.39 is 29.7 Å². The maximum atomic E-state index is 12.0. The summed E-state index contributed by atoms with van der Waals surface area (Å²) in [7, 11) is 0. The predicted octanol–water partition coefficient (Wildman–Crippen LogP) is 3.34. The Morgan fingerprint density at radius 1 is 1.38 bits per heavy atom. The van der Waals surface area contributed by atoms with Crippen molar-refractivity contribution in [3.05, 3.63) is 23.3 Å². The van der Waals surface area contributed by atoms with E-state index in [4.69, 9.17) is 4.74 Å². The molecule has 1 saturated heterocycles. The van der Waals surface area contributed by atoms with Crippen LogP contribution in [0.5, 0.6) is 0 Å². The second-order valence-electron chi connectivity index (χ2n) is 8.62. The van der Waals surface area contributed by atoms with Gasteiger partial charge in [-0.2, -0.15) is 0 Å². The number of cyclic esters (lactones) is 1. The van der Waals surface area contributed by atoms with Gasteiger partial charge in [0, 0.05) is 11.0 Å². The summed E-state index contributed by atoms with van der Waals surface area (Å²) in [6.07, 6.45) is 7.12. The zero-order valence-corrected chi connectivity index (χ0v) is 15.2. The number of aliphatic hydroxyl groups excluding tert-OH is 2. The molecule has 1 heterocycles. The number of rotatable bonds is 3. The van der Waals surface area contributed by atoms with E-state index in [1.54, 1.807) is 0 Å². The van der Waals surface area contributed by atoms with Crippen LogP contribution in [0.1, 0.15) is 59.8 Å². The molecule has 1 saturated carbocycles. The van der Waals surface area contributed by atoms with Crippen LogP contribution in [0.25, 0.3) is 0 Å². The summed E-state index contributed by atoms with van der Waals surface area (Å²) < 4.78 is 5.08. The lowest BCUT2D eigenvalue weighted by atomic mass is 9.46. The third-order valence-corrected chi connectivity index (χ3v) is 6.89. The second kappa shape index (κ2) is 5.99. The van der Waals surface area contributed by atoms with Crippen molar-refractivity contribution in [2.75, 3.05) is 0 Å². The standard InChI is InChI=1S/C20H30O4/c1-12(2)6-5-10-19(3)11-9-15(21)20(4)14(19)8-7-13-16(20)18(23)24-17(13)22/h6-7,14-16,18,21,23H,5,8-11H2,1-4H3/t14-,15+,16+,18+,19+,20+/m0/s1. The maximum absolute atomic E-state index is 12.0. The Morgan fingerprint density at radius 2 is 2.08 bits per heavy atom. The largest absolute Gasteiger partial charge is 0.432 e. The first-order valence-corrected chi connectivity index (χ1v) is 9.10. The van der Waals surface area contributed by atoms with Crippen molar-refractivity contribution in [1.82, 2.24) is 0 Å². The molecule has 0 aromatic carbocycles. The summed E-state index contributed by atoms with van der Waals surface area (Å²) in [6, 6.07) is 0. The molecule has 0 radical (unpaired) electrons. The molecule has 4 heteroatoms. The number of hydrogen-bond acceptors (Lipinski definition) is 4. The Kier molecular flexibility index (Phi) is 4.42. The summed E-state index contributed by atoms with van der Waals surface area (Å²) in [6.45, 7) is 8.59. The van der Waals surface area contributed by atoms with Crippen molar-refractivity contribution in [2.24, 2.45) is 22.7 Å². The first-order chi connectivity index (χ1) is 11.2. The average Bonchev–Trinajstić information content (AvgIpc) is 2.79. The number of hydrogen-bond donors (Lipinski definition) is 2. The quantitative estimate of drug-likeness (QED) is 0.614. The second-order valence-corrected chi connectivity index (χ2v) is 8.62. The van der Waals surface area contributed by atoms with Gasteiger partial charge in [-0.1, -0.05) is 31.6 Å². The lowest BCUT2D eigenvalue weighted by Crippen LogP contribution is -2.58. The summed E-state index contributed by atoms with van der Waals surface area (Å²) in [5.41, 5.74) is 1.46. The van der Waals surface area contributed by atoms with E-state index in [1.807, 2.05) is 13.0 Å². The molecule has 0 aromatic heterocycles. The van der Waals surface area contributed by atoms with Crippen LogP contribution in [0, 0.1) is 22.7 Å². The number of allylic oxidation sites excluding steroid dienone is 3. The molecule has 0 amide bonds. The molecule has 0 bridgehead atoms. The molecule has 6 atom stereocenters. The molecule has 4 nitrogen and oxygen atoms in total. The van der Waals surface area contributed by atoms with E-state index >= 15 is 0 Å². The summed E-state index contributed by atoms with van der Waals surface area (Å²) in [4.78, 5) is 12.0. The fourth-order valence-corrected chi connectivity index (χ4v) is 5.51. The van der Waals surface area contributed by atoms with E-state index in [0.29, 0.717) is 12.0 Å². The van der Waals surface area contributed by atoms with Crippen LogP contribution >= 0.6 is 0 Å². The molecule has 3 aliphatic rings. The smallest absolute Gasteiger partial charge is 0.336 e. The van der Waals surface area contributed by atoms with Crippen molar-refractivity contribution < 1.29 is 19.7 Å². The van der Waals surface area contributed by atoms with E-state index in [9.17, 15) is 15.0 Å². The van der Waals surface area contributed by atoms with Gasteiger partial charge in [0.25, 0.3) is 0 Å². The molecule has 0 unspecified atom stereocenters. The van der Waals surface area contributed by atoms with Gasteiger partial charge < -0.3 is 14.9 Å². The monoisotopic (exact) mass is 334 g/mol. The van der Waals surface area contributed by atoms with Crippen LogP contribution < -0.4 is 0 Å². The highest BCUT2D eigenvalue weighted by atomic mass is 16.6. The summed E-state index contributed by atoms with van der Waals surface area (Å²) in [5, 5.41) is 21.2. The molecule has 2 aliphatic carbocycles. The lowest BCUT2D eigenvalue weighted by molar-refractivity contribution is -0.187. The number of aliphatic hydroxyl groups is 2. The average molecular weight is 334 g/mol. The third-order valence-electron chi connectivity index (χ3n) is 6.89. The molecule has 3 rings (SSSR count). The van der Waals surface area contributed by atoms with Crippen LogP contribution in [0.4, 0.5) is 0 Å². The number of carbonyl (C=O) groups is 1. The van der Waals surface area contributed by atoms with Gasteiger partial charge in [0.1, 0.15) is 0 Å². The number of esters is 1. The van der Waals surface area contributed by atoms with Gasteiger partial charge in [0.2, 0.25) is 6.29 Å². The van der Waals surface area contributed by atoms with Crippen LogP contribution in [-0.2, 0) is 9.53 Å². The predicted molar refractivity (Wildman–Crippen MR) is 91.9 cm³/mol. The van der Waals surface area contributed by atoms with Crippen LogP contribution in [0.15, 0.2) is 23.3 Å². The van der Waals surface area contributed by atoms with Gasteiger partial charge in [0.05, 0.1) is 12.0 Å². The minimum absolute atomic E-state index is 0.0906. The lowest BCUT2D eigenvalue weighted by Gasteiger charge is -2.58. The van der Waals surface area contributed by atoms with Crippen molar-refractivity contribution in [3.63, 3.8) is 0 Å². The van der Waals surface area contributed by atoms with Crippen LogP contribution in [0.3, 0.4) is 0 Å². The summed E-state index contributed by atoms with van der Waals surface area (Å²) >= 11 is 0. The van der Waals surface area contributed by atoms with Crippen molar-refractivity contribution >= 4 is 5.97 Å². The molecular formula is C20H30O4. The molecule has 134 valence electrons. The first kappa shape index (κ1) is 17.7. The van der Waals surface area contributed by atoms with Crippen molar-refractivity contribution in [2.45, 2.75) is 72.2 Å². The highest BCUT2D eigenvalue weighted by Crippen LogP contribution is 2.63. The normalized spacial score (nSPS) is 44.2. The van der Waals surface area contributed by atoms with Crippen molar-refractivity contribution in [3.8, 4) is 0 Å². The molecular weight excluding hydrogens is 304 g/mol. The Bertz CT molecular complexity index is 588. The molecule has 2 fully saturated rings. The van der Waals surface area contributed by atoms with Crippen LogP contribution in [-0.4, -0.2) is 28.6 Å². The fraction of sp³-hybridized carbons (Fsp3) is 0.750. The van der Waals surface area contributed by atoms with Gasteiger partial charge in [-0.25, -0.2) is 4.79 Å². The zero-order chi connectivity index (χ0) is 17.7. The van der Waals surface area contributed by atoms with E-state index in [2.05, 4.69) is 26.8 Å². The SMILES string of the molecule is CC(C)=CCC[C@]1(C)CC[C@@H](O)[C@]2(C)[C@@H]3C(=CC[C@@H]12)C(=O)O[C@H]3O. The van der Waals surface area contributed by atoms with Crippen molar-refractivity contribution in [1.29, 1.82) is 0 Å². The molecule has 2 N–H and O–H groups in total. The minimum atomic E-state index is -1.13. The Hall–Kier alpha value is -1.13. The first-order valence-electron chi connectivity index (χ1n) is 9.10. The van der Waals surface area contributed by atoms with Crippen LogP contribution in [0.2, 0.25) is 0 Å². The maximum Gasteiger partial charge on any atom is 0.336 e. The summed E-state index contributed by atoms with van der Waals surface area (Å²) in [5.74, 6) is -0.602. The van der Waals surface area contributed by atoms with Gasteiger partial charge in [0.15, 0.2) is 0 Å². The van der Waals surface area contributed by atoms with Gasteiger partial charge >= 0.3 is 5.97 Å². The highest BCUT2D eigenvalue weighted by molar-refractivity contribution is 5.91. The molecule has 1 aliphatic heterocycles. The van der Waals surface area contributed by atoms with Gasteiger partial charge in [-0.15, -0.1) is 0 Å². The molecule has 24 heavy (non-hydrogen) atoms. The van der Waals surface area contributed by atoms with E-state index in [1.165, 1.54) is 5.57 Å². The highest BCUT2D eigenvalue weighted by Gasteiger charge is 2.63. The zero-order valence-electron chi connectivity index (χ0n) is 15.2. The molecule has 0 spiro atoms. The fourth-order valence-electron chi connectivity index (χ4n) is 5.51. The van der Waals surface area contributed by atoms with E-state index in [-0.39, 0.29) is 11.3 Å². The van der Waals surface area contributed by atoms with Gasteiger partial charge in [-0.3, -0.25) is 0 Å². The molecule has 0 aromatic rings. The topological polar surface area (TPSA) is 66.8 Å². The Labute approximate surface area is 144 Å². The van der Waals surface area contributed by atoms with E-state index in [0.717, 1.165) is 25.7 Å². The Morgan fingerprint density at radius 3 is 2.75 bits per heavy atom.